The molecule has 6 heteroatoms. The number of hydrogen-bond donors (Lipinski definition) is 1. The van der Waals surface area contributed by atoms with Crippen LogP contribution in [0.1, 0.15) is 76.2 Å². The van der Waals surface area contributed by atoms with Crippen LogP contribution in [0, 0.1) is 12.8 Å². The molecule has 1 N–H and O–H groups in total. The molecule has 3 rings (SSSR count). The maximum absolute atomic E-state index is 13.4. The number of aryl methyl sites for hydroxylation is 1. The van der Waals surface area contributed by atoms with Gasteiger partial charge in [-0.3, -0.25) is 24.3 Å². The number of amides is 2. The van der Waals surface area contributed by atoms with Gasteiger partial charge in [-0.25, -0.2) is 4.98 Å². The van der Waals surface area contributed by atoms with Gasteiger partial charge in [-0.1, -0.05) is 58.1 Å². The SMILES string of the molecule is CCCCCCC(C)Cc1cccc2nc(C)n(C3CCC(=O)NC3=O)c(=O)c12. The van der Waals surface area contributed by atoms with E-state index < -0.39 is 11.9 Å². The molecule has 0 aliphatic carbocycles. The van der Waals surface area contributed by atoms with Gasteiger partial charge in [0.1, 0.15) is 11.9 Å². The highest BCUT2D eigenvalue weighted by Crippen LogP contribution is 2.23. The van der Waals surface area contributed by atoms with Gasteiger partial charge in [0, 0.05) is 6.42 Å². The summed E-state index contributed by atoms with van der Waals surface area (Å²) in [5.74, 6) is 0.265. The zero-order chi connectivity index (χ0) is 21.0. The summed E-state index contributed by atoms with van der Waals surface area (Å²) in [5, 5.41) is 2.95. The largest absolute Gasteiger partial charge is 0.295 e. The molecule has 2 unspecified atom stereocenters. The van der Waals surface area contributed by atoms with Gasteiger partial charge >= 0.3 is 0 Å². The van der Waals surface area contributed by atoms with Gasteiger partial charge in [0.25, 0.3) is 5.56 Å². The van der Waals surface area contributed by atoms with E-state index in [1.54, 1.807) is 6.92 Å². The Hall–Kier alpha value is -2.50. The number of carbonyl (C=O) groups excluding carboxylic acids is 2. The lowest BCUT2D eigenvalue weighted by Crippen LogP contribution is -2.45. The van der Waals surface area contributed by atoms with Crippen molar-refractivity contribution in [3.63, 3.8) is 0 Å². The average molecular weight is 398 g/mol. The van der Waals surface area contributed by atoms with Gasteiger partial charge in [-0.05, 0) is 37.3 Å². The van der Waals surface area contributed by atoms with Crippen molar-refractivity contribution in [1.29, 1.82) is 0 Å². The fourth-order valence-corrected chi connectivity index (χ4v) is 4.28. The Morgan fingerprint density at radius 3 is 2.72 bits per heavy atom. The Morgan fingerprint density at radius 1 is 1.21 bits per heavy atom. The molecule has 0 bridgehead atoms. The topological polar surface area (TPSA) is 81.1 Å². The van der Waals surface area contributed by atoms with Crippen LogP contribution in [-0.4, -0.2) is 21.4 Å². The Morgan fingerprint density at radius 2 is 2.00 bits per heavy atom. The van der Waals surface area contributed by atoms with Gasteiger partial charge in [0.2, 0.25) is 11.8 Å². The Bertz CT molecular complexity index is 964. The molecular formula is C23H31N3O3. The number of imide groups is 1. The fourth-order valence-electron chi connectivity index (χ4n) is 4.28. The molecule has 2 atom stereocenters. The van der Waals surface area contributed by atoms with Crippen LogP contribution < -0.4 is 10.9 Å². The number of benzene rings is 1. The van der Waals surface area contributed by atoms with E-state index in [0.29, 0.717) is 29.1 Å². The van der Waals surface area contributed by atoms with Crippen molar-refractivity contribution in [3.05, 3.63) is 39.9 Å². The standard InChI is InChI=1S/C23H31N3O3/c1-4-5-6-7-9-15(2)14-17-10-8-11-18-21(17)23(29)26(16(3)24-18)19-12-13-20(27)25-22(19)28/h8,10-11,15,19H,4-7,9,12-14H2,1-3H3,(H,25,27,28). The second-order valence-corrected chi connectivity index (χ2v) is 8.27. The molecule has 0 spiro atoms. The summed E-state index contributed by atoms with van der Waals surface area (Å²) in [7, 11) is 0. The van der Waals surface area contributed by atoms with Crippen LogP contribution in [0.15, 0.2) is 23.0 Å². The minimum atomic E-state index is -0.684. The van der Waals surface area contributed by atoms with Gasteiger partial charge in [0.15, 0.2) is 0 Å². The molecule has 2 aromatic rings. The molecule has 0 radical (unpaired) electrons. The van der Waals surface area contributed by atoms with E-state index in [2.05, 4.69) is 24.1 Å². The zero-order valence-corrected chi connectivity index (χ0v) is 17.7. The third kappa shape index (κ3) is 4.74. The second kappa shape index (κ2) is 9.33. The van der Waals surface area contributed by atoms with Crippen molar-refractivity contribution in [2.75, 3.05) is 0 Å². The lowest BCUT2D eigenvalue weighted by atomic mass is 9.93. The summed E-state index contributed by atoms with van der Waals surface area (Å²) < 4.78 is 1.47. The van der Waals surface area contributed by atoms with E-state index in [1.807, 2.05) is 18.2 Å². The molecule has 156 valence electrons. The molecule has 1 fully saturated rings. The molecule has 1 aliphatic rings. The highest BCUT2D eigenvalue weighted by atomic mass is 16.2. The third-order valence-electron chi connectivity index (χ3n) is 5.83. The van der Waals surface area contributed by atoms with Crippen molar-refractivity contribution >= 4 is 22.7 Å². The number of nitrogens with one attached hydrogen (secondary N) is 1. The van der Waals surface area contributed by atoms with Gasteiger partial charge < -0.3 is 0 Å². The van der Waals surface area contributed by atoms with Crippen LogP contribution in [0.4, 0.5) is 0 Å². The number of fused-ring (bicyclic) bond motifs is 1. The molecule has 1 aromatic heterocycles. The van der Waals surface area contributed by atoms with Crippen LogP contribution in [0.5, 0.6) is 0 Å². The first-order chi connectivity index (χ1) is 13.9. The zero-order valence-electron chi connectivity index (χ0n) is 17.7. The maximum Gasteiger partial charge on any atom is 0.262 e. The maximum atomic E-state index is 13.4. The number of rotatable bonds is 8. The second-order valence-electron chi connectivity index (χ2n) is 8.27. The first kappa shape index (κ1) is 21.2. The highest BCUT2D eigenvalue weighted by molar-refractivity contribution is 5.99. The predicted octanol–water partition coefficient (Wildman–Crippen LogP) is 3.83. The Kier molecular flexibility index (Phi) is 6.83. The molecule has 1 saturated heterocycles. The molecule has 29 heavy (non-hydrogen) atoms. The number of unbranched alkanes of at least 4 members (excludes halogenated alkanes) is 3. The van der Waals surface area contributed by atoms with Crippen LogP contribution in [0.3, 0.4) is 0 Å². The van der Waals surface area contributed by atoms with E-state index in [4.69, 9.17) is 0 Å². The molecule has 6 nitrogen and oxygen atoms in total. The minimum absolute atomic E-state index is 0.184. The molecule has 1 aliphatic heterocycles. The van der Waals surface area contributed by atoms with E-state index in [-0.39, 0.29) is 17.9 Å². The molecule has 2 amide bonds. The van der Waals surface area contributed by atoms with E-state index >= 15 is 0 Å². The van der Waals surface area contributed by atoms with Gasteiger partial charge in [0.05, 0.1) is 10.9 Å². The van der Waals surface area contributed by atoms with Crippen molar-refractivity contribution in [3.8, 4) is 0 Å². The summed E-state index contributed by atoms with van der Waals surface area (Å²) in [4.78, 5) is 41.9. The van der Waals surface area contributed by atoms with Crippen molar-refractivity contribution in [1.82, 2.24) is 14.9 Å². The van der Waals surface area contributed by atoms with E-state index in [0.717, 1.165) is 18.4 Å². The van der Waals surface area contributed by atoms with Crippen molar-refractivity contribution in [2.24, 2.45) is 5.92 Å². The monoisotopic (exact) mass is 397 g/mol. The highest BCUT2D eigenvalue weighted by Gasteiger charge is 2.30. The average Bonchev–Trinajstić information content (AvgIpc) is 2.66. The number of aromatic nitrogens is 2. The van der Waals surface area contributed by atoms with Crippen LogP contribution in [0.25, 0.3) is 10.9 Å². The Balaban J connectivity index is 1.93. The van der Waals surface area contributed by atoms with Crippen LogP contribution in [0.2, 0.25) is 0 Å². The molecule has 0 saturated carbocycles. The normalized spacial score (nSPS) is 18.1. The number of hydrogen-bond acceptors (Lipinski definition) is 4. The summed E-state index contributed by atoms with van der Waals surface area (Å²) in [6.45, 7) is 6.18. The lowest BCUT2D eigenvalue weighted by molar-refractivity contribution is -0.135. The molecule has 2 heterocycles. The number of carbonyl (C=O) groups is 2. The molecule has 1 aromatic carbocycles. The summed E-state index contributed by atoms with van der Waals surface area (Å²) in [6, 6.07) is 5.12. The Labute approximate surface area is 171 Å². The quantitative estimate of drug-likeness (QED) is 0.542. The number of piperidine rings is 1. The first-order valence-corrected chi connectivity index (χ1v) is 10.8. The van der Waals surface area contributed by atoms with Crippen LogP contribution in [-0.2, 0) is 16.0 Å². The first-order valence-electron chi connectivity index (χ1n) is 10.8. The lowest BCUT2D eigenvalue weighted by Gasteiger charge is -2.25. The smallest absolute Gasteiger partial charge is 0.262 e. The fraction of sp³-hybridized carbons (Fsp3) is 0.565. The van der Waals surface area contributed by atoms with E-state index in [9.17, 15) is 14.4 Å². The third-order valence-corrected chi connectivity index (χ3v) is 5.83. The van der Waals surface area contributed by atoms with Gasteiger partial charge in [-0.2, -0.15) is 0 Å². The van der Waals surface area contributed by atoms with Crippen LogP contribution >= 0.6 is 0 Å². The number of nitrogens with zero attached hydrogens (tertiary/aromatic N) is 2. The van der Waals surface area contributed by atoms with Crippen molar-refractivity contribution < 1.29 is 9.59 Å². The summed E-state index contributed by atoms with van der Waals surface area (Å²) in [5.41, 5.74) is 1.48. The van der Waals surface area contributed by atoms with Gasteiger partial charge in [-0.15, -0.1) is 0 Å². The minimum Gasteiger partial charge on any atom is -0.295 e. The van der Waals surface area contributed by atoms with Crippen molar-refractivity contribution in [2.45, 2.75) is 78.2 Å². The summed E-state index contributed by atoms with van der Waals surface area (Å²) in [6.07, 6.45) is 7.46. The predicted molar refractivity (Wildman–Crippen MR) is 114 cm³/mol. The molecular weight excluding hydrogens is 366 g/mol. The van der Waals surface area contributed by atoms with E-state index in [1.165, 1.54) is 30.3 Å². The summed E-state index contributed by atoms with van der Waals surface area (Å²) >= 11 is 0.